The van der Waals surface area contributed by atoms with Gasteiger partial charge in [0.25, 0.3) is 0 Å². The Bertz CT molecular complexity index is 529. The first-order valence-corrected chi connectivity index (χ1v) is 6.41. The maximum absolute atomic E-state index is 5.79. The van der Waals surface area contributed by atoms with E-state index in [1.54, 1.807) is 18.9 Å². The van der Waals surface area contributed by atoms with Gasteiger partial charge in [0, 0.05) is 10.5 Å². The molecule has 0 fully saturated rings. The highest BCUT2D eigenvalue weighted by atomic mass is 32.2. The number of hydrogen-bond donors (Lipinski definition) is 1. The van der Waals surface area contributed by atoms with Gasteiger partial charge in [-0.1, -0.05) is 12.1 Å². The lowest BCUT2D eigenvalue weighted by atomic mass is 10.1. The number of nitrogen functional groups attached to an aromatic ring is 1. The minimum absolute atomic E-state index is 0.537. The van der Waals surface area contributed by atoms with Crippen LogP contribution in [0.15, 0.2) is 41.3 Å². The largest absolute Gasteiger partial charge is 0.497 e. The molecule has 0 unspecified atom stereocenters. The van der Waals surface area contributed by atoms with Crippen molar-refractivity contribution < 1.29 is 4.74 Å². The van der Waals surface area contributed by atoms with E-state index in [-0.39, 0.29) is 0 Å². The molecule has 0 saturated carbocycles. The highest BCUT2D eigenvalue weighted by Gasteiger charge is 2.04. The molecule has 2 rings (SSSR count). The van der Waals surface area contributed by atoms with Crippen molar-refractivity contribution in [2.75, 3.05) is 19.1 Å². The van der Waals surface area contributed by atoms with Gasteiger partial charge in [0.1, 0.15) is 11.6 Å². The molecule has 0 aliphatic heterocycles. The third kappa shape index (κ3) is 2.71. The third-order valence-corrected chi connectivity index (χ3v) is 3.13. The second-order valence-electron chi connectivity index (χ2n) is 3.55. The Hall–Kier alpha value is -1.68. The SMILES string of the molecule is COc1cccc(-c2cc(SC)cc(N)n2)c1. The van der Waals surface area contributed by atoms with Gasteiger partial charge >= 0.3 is 0 Å². The van der Waals surface area contributed by atoms with Gasteiger partial charge in [-0.05, 0) is 30.5 Å². The summed E-state index contributed by atoms with van der Waals surface area (Å²) in [5.41, 5.74) is 7.66. The fourth-order valence-corrected chi connectivity index (χ4v) is 2.04. The van der Waals surface area contributed by atoms with Gasteiger partial charge in [0.15, 0.2) is 0 Å². The Labute approximate surface area is 105 Å². The Balaban J connectivity index is 2.47. The molecule has 0 saturated heterocycles. The fraction of sp³-hybridized carbons (Fsp3) is 0.154. The van der Waals surface area contributed by atoms with Crippen LogP contribution in [0.25, 0.3) is 11.3 Å². The molecular formula is C13H14N2OS. The molecule has 2 aromatic rings. The summed E-state index contributed by atoms with van der Waals surface area (Å²) in [5, 5.41) is 0. The number of pyridine rings is 1. The van der Waals surface area contributed by atoms with Crippen LogP contribution in [0.3, 0.4) is 0 Å². The molecule has 0 bridgehead atoms. The molecule has 0 amide bonds. The van der Waals surface area contributed by atoms with E-state index in [0.717, 1.165) is 21.9 Å². The zero-order chi connectivity index (χ0) is 12.3. The molecule has 3 nitrogen and oxygen atoms in total. The van der Waals surface area contributed by atoms with E-state index in [9.17, 15) is 0 Å². The van der Waals surface area contributed by atoms with E-state index in [1.165, 1.54) is 0 Å². The van der Waals surface area contributed by atoms with Crippen LogP contribution < -0.4 is 10.5 Å². The van der Waals surface area contributed by atoms with Gasteiger partial charge in [-0.3, -0.25) is 0 Å². The Morgan fingerprint density at radius 2 is 2.06 bits per heavy atom. The number of ether oxygens (including phenoxy) is 1. The summed E-state index contributed by atoms with van der Waals surface area (Å²) < 4.78 is 5.20. The van der Waals surface area contributed by atoms with Crippen molar-refractivity contribution in [1.82, 2.24) is 4.98 Å². The van der Waals surface area contributed by atoms with Crippen LogP contribution >= 0.6 is 11.8 Å². The highest BCUT2D eigenvalue weighted by Crippen LogP contribution is 2.27. The maximum Gasteiger partial charge on any atom is 0.125 e. The lowest BCUT2D eigenvalue weighted by Crippen LogP contribution is -1.93. The van der Waals surface area contributed by atoms with Gasteiger partial charge in [-0.2, -0.15) is 0 Å². The van der Waals surface area contributed by atoms with Crippen molar-refractivity contribution in [3.8, 4) is 17.0 Å². The number of methoxy groups -OCH3 is 1. The zero-order valence-corrected chi connectivity index (χ0v) is 10.6. The number of nitrogens with two attached hydrogens (primary N) is 1. The third-order valence-electron chi connectivity index (χ3n) is 2.42. The van der Waals surface area contributed by atoms with Crippen molar-refractivity contribution in [1.29, 1.82) is 0 Å². The van der Waals surface area contributed by atoms with E-state index >= 15 is 0 Å². The van der Waals surface area contributed by atoms with Gasteiger partial charge < -0.3 is 10.5 Å². The Morgan fingerprint density at radius 1 is 1.24 bits per heavy atom. The van der Waals surface area contributed by atoms with Crippen LogP contribution in [0.2, 0.25) is 0 Å². The highest BCUT2D eigenvalue weighted by molar-refractivity contribution is 7.98. The number of hydrogen-bond acceptors (Lipinski definition) is 4. The van der Waals surface area contributed by atoms with Crippen LogP contribution in [0.4, 0.5) is 5.82 Å². The average molecular weight is 246 g/mol. The first-order valence-electron chi connectivity index (χ1n) is 5.19. The summed E-state index contributed by atoms with van der Waals surface area (Å²) in [6.45, 7) is 0. The number of benzene rings is 1. The fourth-order valence-electron chi connectivity index (χ4n) is 1.57. The van der Waals surface area contributed by atoms with Gasteiger partial charge in [0.2, 0.25) is 0 Å². The topological polar surface area (TPSA) is 48.1 Å². The van der Waals surface area contributed by atoms with Crippen LogP contribution in [0.5, 0.6) is 5.75 Å². The zero-order valence-electron chi connectivity index (χ0n) is 9.81. The van der Waals surface area contributed by atoms with Crippen LogP contribution in [-0.2, 0) is 0 Å². The lowest BCUT2D eigenvalue weighted by Gasteiger charge is -2.06. The van der Waals surface area contributed by atoms with Crippen molar-refractivity contribution in [3.63, 3.8) is 0 Å². The van der Waals surface area contributed by atoms with Crippen molar-refractivity contribution in [3.05, 3.63) is 36.4 Å². The van der Waals surface area contributed by atoms with Crippen LogP contribution in [0, 0.1) is 0 Å². The molecule has 88 valence electrons. The second-order valence-corrected chi connectivity index (χ2v) is 4.43. The molecule has 0 radical (unpaired) electrons. The van der Waals surface area contributed by atoms with E-state index in [1.807, 2.05) is 42.7 Å². The minimum atomic E-state index is 0.537. The van der Waals surface area contributed by atoms with Gasteiger partial charge in [-0.25, -0.2) is 4.98 Å². The Kier molecular flexibility index (Phi) is 3.54. The van der Waals surface area contributed by atoms with Crippen LogP contribution in [-0.4, -0.2) is 18.3 Å². The number of nitrogens with zero attached hydrogens (tertiary/aromatic N) is 1. The molecule has 0 atom stereocenters. The molecule has 0 aliphatic rings. The normalized spacial score (nSPS) is 10.2. The van der Waals surface area contributed by atoms with E-state index < -0.39 is 0 Å². The summed E-state index contributed by atoms with van der Waals surface area (Å²) in [6, 6.07) is 11.7. The maximum atomic E-state index is 5.79. The average Bonchev–Trinajstić information content (AvgIpc) is 2.38. The summed E-state index contributed by atoms with van der Waals surface area (Å²) in [4.78, 5) is 5.44. The molecule has 1 heterocycles. The first kappa shape index (κ1) is 11.8. The minimum Gasteiger partial charge on any atom is -0.497 e. The van der Waals surface area contributed by atoms with Crippen molar-refractivity contribution in [2.45, 2.75) is 4.90 Å². The van der Waals surface area contributed by atoms with Crippen molar-refractivity contribution >= 4 is 17.6 Å². The van der Waals surface area contributed by atoms with Gasteiger partial charge in [0.05, 0.1) is 12.8 Å². The number of thioether (sulfide) groups is 1. The van der Waals surface area contributed by atoms with Gasteiger partial charge in [-0.15, -0.1) is 11.8 Å². The smallest absolute Gasteiger partial charge is 0.125 e. The molecule has 1 aromatic heterocycles. The summed E-state index contributed by atoms with van der Waals surface area (Å²) in [7, 11) is 1.65. The molecular weight excluding hydrogens is 232 g/mol. The van der Waals surface area contributed by atoms with Crippen molar-refractivity contribution in [2.24, 2.45) is 0 Å². The second kappa shape index (κ2) is 5.10. The molecule has 1 aromatic carbocycles. The molecule has 4 heteroatoms. The summed E-state index contributed by atoms with van der Waals surface area (Å²) in [6.07, 6.45) is 2.02. The number of anilines is 1. The molecule has 0 spiro atoms. The van der Waals surface area contributed by atoms with E-state index in [4.69, 9.17) is 10.5 Å². The molecule has 2 N–H and O–H groups in total. The number of aromatic nitrogens is 1. The number of rotatable bonds is 3. The quantitative estimate of drug-likeness (QED) is 0.846. The predicted octanol–water partition coefficient (Wildman–Crippen LogP) is 3.06. The van der Waals surface area contributed by atoms with E-state index in [2.05, 4.69) is 4.98 Å². The first-order chi connectivity index (χ1) is 8.22. The monoisotopic (exact) mass is 246 g/mol. The molecule has 17 heavy (non-hydrogen) atoms. The Morgan fingerprint density at radius 3 is 2.76 bits per heavy atom. The standard InChI is InChI=1S/C13H14N2OS/c1-16-10-5-3-4-9(6-10)12-7-11(17-2)8-13(14)15-12/h3-8H,1-2H3,(H2,14,15). The summed E-state index contributed by atoms with van der Waals surface area (Å²) in [5.74, 6) is 1.35. The van der Waals surface area contributed by atoms with Crippen LogP contribution in [0.1, 0.15) is 0 Å². The summed E-state index contributed by atoms with van der Waals surface area (Å²) >= 11 is 1.65. The van der Waals surface area contributed by atoms with E-state index in [0.29, 0.717) is 5.82 Å². The molecule has 0 aliphatic carbocycles. The predicted molar refractivity (Wildman–Crippen MR) is 72.4 cm³/mol. The lowest BCUT2D eigenvalue weighted by molar-refractivity contribution is 0.415.